The highest BCUT2D eigenvalue weighted by molar-refractivity contribution is 5.61. The van der Waals surface area contributed by atoms with E-state index in [9.17, 15) is 0 Å². The lowest BCUT2D eigenvalue weighted by molar-refractivity contribution is 0.415. The summed E-state index contributed by atoms with van der Waals surface area (Å²) in [5.74, 6) is 0.915. The number of aryl methyl sites for hydroxylation is 1. The molecule has 0 atom stereocenters. The Morgan fingerprint density at radius 3 is 1.88 bits per heavy atom. The molecule has 0 aliphatic rings. The first-order valence-electron chi connectivity index (χ1n) is 10.6. The Balaban J connectivity index is 1.72. The predicted molar refractivity (Wildman–Crippen MR) is 113 cm³/mol. The normalized spacial score (nSPS) is 11.0. The fourth-order valence-electron chi connectivity index (χ4n) is 3.64. The van der Waals surface area contributed by atoms with E-state index >= 15 is 0 Å². The number of methoxy groups -OCH3 is 1. The van der Waals surface area contributed by atoms with Gasteiger partial charge in [0.05, 0.1) is 7.11 Å². The van der Waals surface area contributed by atoms with Gasteiger partial charge in [0.1, 0.15) is 5.75 Å². The summed E-state index contributed by atoms with van der Waals surface area (Å²) in [6.45, 7) is 5.62. The highest BCUT2D eigenvalue weighted by atomic mass is 16.5. The van der Waals surface area contributed by atoms with Crippen LogP contribution >= 0.6 is 0 Å². The molecule has 0 aliphatic heterocycles. The van der Waals surface area contributed by atoms with Gasteiger partial charge in [0.25, 0.3) is 0 Å². The maximum atomic E-state index is 5.27. The van der Waals surface area contributed by atoms with Gasteiger partial charge in [-0.3, -0.25) is 0 Å². The maximum Gasteiger partial charge on any atom is 0.118 e. The summed E-state index contributed by atoms with van der Waals surface area (Å²) in [5.41, 5.74) is 3.94. The van der Waals surface area contributed by atoms with Crippen LogP contribution in [0, 0.1) is 6.92 Å². The van der Waals surface area contributed by atoms with E-state index in [1.165, 1.54) is 81.2 Å². The lowest BCUT2D eigenvalue weighted by atomic mass is 10.1. The minimum atomic E-state index is 0.915. The van der Waals surface area contributed by atoms with Gasteiger partial charge in [-0.1, -0.05) is 64.7 Å². The van der Waals surface area contributed by atoms with Crippen molar-refractivity contribution in [1.29, 1.82) is 0 Å². The quantitative estimate of drug-likeness (QED) is 0.342. The Morgan fingerprint density at radius 1 is 0.731 bits per heavy atom. The van der Waals surface area contributed by atoms with Crippen molar-refractivity contribution in [3.63, 3.8) is 0 Å². The molecular formula is C24H37NO. The van der Waals surface area contributed by atoms with Gasteiger partial charge in [0.2, 0.25) is 0 Å². The van der Waals surface area contributed by atoms with Crippen molar-refractivity contribution in [3.05, 3.63) is 42.1 Å². The Bertz CT molecular complexity index is 612. The van der Waals surface area contributed by atoms with Gasteiger partial charge in [0, 0.05) is 17.9 Å². The van der Waals surface area contributed by atoms with E-state index in [1.807, 2.05) is 12.1 Å². The molecule has 2 aromatic rings. The van der Waals surface area contributed by atoms with Crippen LogP contribution < -0.4 is 4.74 Å². The van der Waals surface area contributed by atoms with Crippen molar-refractivity contribution in [2.75, 3.05) is 7.11 Å². The third kappa shape index (κ3) is 6.55. The third-order valence-electron chi connectivity index (χ3n) is 5.32. The lowest BCUT2D eigenvalue weighted by Crippen LogP contribution is -2.02. The van der Waals surface area contributed by atoms with Crippen LogP contribution in [0.5, 0.6) is 5.75 Å². The third-order valence-corrected chi connectivity index (χ3v) is 5.32. The standard InChI is InChI=1S/C24H37NO/c1-4-5-6-7-8-9-10-11-12-13-20-25-21(2)14-19-24(25)22-15-17-23(26-3)18-16-22/h14-19H,4-13,20H2,1-3H3. The molecule has 0 amide bonds. The Morgan fingerprint density at radius 2 is 1.31 bits per heavy atom. The highest BCUT2D eigenvalue weighted by Gasteiger charge is 2.07. The lowest BCUT2D eigenvalue weighted by Gasteiger charge is -2.12. The second kappa shape index (κ2) is 11.8. The fourth-order valence-corrected chi connectivity index (χ4v) is 3.64. The smallest absolute Gasteiger partial charge is 0.118 e. The van der Waals surface area contributed by atoms with E-state index < -0.39 is 0 Å². The van der Waals surface area contributed by atoms with Crippen LogP contribution in [0.25, 0.3) is 11.3 Å². The van der Waals surface area contributed by atoms with Crippen LogP contribution in [-0.4, -0.2) is 11.7 Å². The summed E-state index contributed by atoms with van der Waals surface area (Å²) < 4.78 is 7.74. The van der Waals surface area contributed by atoms with E-state index in [4.69, 9.17) is 4.74 Å². The van der Waals surface area contributed by atoms with Gasteiger partial charge in [-0.15, -0.1) is 0 Å². The van der Waals surface area contributed by atoms with Crippen molar-refractivity contribution in [2.45, 2.75) is 84.6 Å². The van der Waals surface area contributed by atoms with Crippen LogP contribution in [0.4, 0.5) is 0 Å². The summed E-state index contributed by atoms with van der Waals surface area (Å²) in [6.07, 6.45) is 13.9. The van der Waals surface area contributed by atoms with Crippen LogP contribution in [0.1, 0.15) is 76.8 Å². The molecule has 0 spiro atoms. The molecule has 144 valence electrons. The maximum absolute atomic E-state index is 5.27. The summed E-state index contributed by atoms with van der Waals surface area (Å²) in [4.78, 5) is 0. The molecule has 2 nitrogen and oxygen atoms in total. The van der Waals surface area contributed by atoms with Gasteiger partial charge >= 0.3 is 0 Å². The number of nitrogens with zero attached hydrogens (tertiary/aromatic N) is 1. The molecule has 1 heterocycles. The zero-order valence-electron chi connectivity index (χ0n) is 17.1. The second-order valence-corrected chi connectivity index (χ2v) is 7.42. The van der Waals surface area contributed by atoms with E-state index in [-0.39, 0.29) is 0 Å². The molecule has 2 rings (SSSR count). The molecule has 0 unspecified atom stereocenters. The number of hydrogen-bond donors (Lipinski definition) is 0. The van der Waals surface area contributed by atoms with E-state index in [2.05, 4.69) is 42.7 Å². The van der Waals surface area contributed by atoms with E-state index in [0.717, 1.165) is 12.3 Å². The molecule has 26 heavy (non-hydrogen) atoms. The van der Waals surface area contributed by atoms with E-state index in [0.29, 0.717) is 0 Å². The van der Waals surface area contributed by atoms with Crippen LogP contribution in [0.2, 0.25) is 0 Å². The van der Waals surface area contributed by atoms with Crippen LogP contribution in [0.15, 0.2) is 36.4 Å². The molecule has 0 N–H and O–H groups in total. The predicted octanol–water partition coefficient (Wildman–Crippen LogP) is 7.39. The number of unbranched alkanes of at least 4 members (excludes halogenated alkanes) is 9. The largest absolute Gasteiger partial charge is 0.497 e. The molecule has 1 aromatic carbocycles. The SMILES string of the molecule is CCCCCCCCCCCCn1c(C)ccc1-c1ccc(OC)cc1. The van der Waals surface area contributed by atoms with Crippen molar-refractivity contribution >= 4 is 0 Å². The zero-order chi connectivity index (χ0) is 18.6. The van der Waals surface area contributed by atoms with Crippen LogP contribution in [0.3, 0.4) is 0 Å². The van der Waals surface area contributed by atoms with Gasteiger partial charge in [-0.25, -0.2) is 0 Å². The van der Waals surface area contributed by atoms with Gasteiger partial charge < -0.3 is 9.30 Å². The van der Waals surface area contributed by atoms with Crippen molar-refractivity contribution in [3.8, 4) is 17.0 Å². The summed E-state index contributed by atoms with van der Waals surface area (Å²) >= 11 is 0. The zero-order valence-corrected chi connectivity index (χ0v) is 17.1. The Hall–Kier alpha value is -1.70. The Labute approximate surface area is 160 Å². The number of aromatic nitrogens is 1. The first-order chi connectivity index (χ1) is 12.8. The fraction of sp³-hybridized carbons (Fsp3) is 0.583. The van der Waals surface area contributed by atoms with Crippen molar-refractivity contribution in [1.82, 2.24) is 4.57 Å². The first-order valence-corrected chi connectivity index (χ1v) is 10.6. The van der Waals surface area contributed by atoms with Crippen molar-refractivity contribution in [2.24, 2.45) is 0 Å². The second-order valence-electron chi connectivity index (χ2n) is 7.42. The van der Waals surface area contributed by atoms with Crippen LogP contribution in [-0.2, 0) is 6.54 Å². The average Bonchev–Trinajstić information content (AvgIpc) is 3.04. The molecule has 0 aliphatic carbocycles. The summed E-state index contributed by atoms with van der Waals surface area (Å²) in [5, 5.41) is 0. The first kappa shape index (κ1) is 20.6. The number of benzene rings is 1. The van der Waals surface area contributed by atoms with E-state index in [1.54, 1.807) is 7.11 Å². The Kier molecular flexibility index (Phi) is 9.38. The molecule has 2 heteroatoms. The van der Waals surface area contributed by atoms with Gasteiger partial charge in [0.15, 0.2) is 0 Å². The van der Waals surface area contributed by atoms with Gasteiger partial charge in [-0.2, -0.15) is 0 Å². The summed E-state index contributed by atoms with van der Waals surface area (Å²) in [7, 11) is 1.72. The van der Waals surface area contributed by atoms with Crippen molar-refractivity contribution < 1.29 is 4.74 Å². The highest BCUT2D eigenvalue weighted by Crippen LogP contribution is 2.25. The minimum absolute atomic E-state index is 0.915. The number of rotatable bonds is 13. The van der Waals surface area contributed by atoms with Gasteiger partial charge in [-0.05, 0) is 55.3 Å². The average molecular weight is 356 g/mol. The molecule has 0 bridgehead atoms. The molecular weight excluding hydrogens is 318 g/mol. The minimum Gasteiger partial charge on any atom is -0.497 e. The molecule has 0 radical (unpaired) electrons. The monoisotopic (exact) mass is 355 g/mol. The topological polar surface area (TPSA) is 14.2 Å². The molecule has 0 fully saturated rings. The number of hydrogen-bond acceptors (Lipinski definition) is 1. The number of ether oxygens (including phenoxy) is 1. The molecule has 0 saturated carbocycles. The summed E-state index contributed by atoms with van der Waals surface area (Å²) in [6, 6.07) is 12.9. The molecule has 0 saturated heterocycles. The molecule has 1 aromatic heterocycles.